The first-order valence-electron chi connectivity index (χ1n) is 8.82. The fraction of sp³-hybridized carbons (Fsp3) is 0.556. The second-order valence-corrected chi connectivity index (χ2v) is 7.44. The average Bonchev–Trinajstić information content (AvgIpc) is 3.21. The van der Waals surface area contributed by atoms with Crippen LogP contribution in [-0.2, 0) is 4.79 Å². The van der Waals surface area contributed by atoms with Gasteiger partial charge in [0.25, 0.3) is 5.91 Å². The number of carbonyl (C=O) groups excluding carboxylic acids is 2. The maximum atomic E-state index is 12.9. The largest absolute Gasteiger partial charge is 0.345 e. The highest BCUT2D eigenvalue weighted by Crippen LogP contribution is 2.32. The molecule has 2 aromatic heterocycles. The lowest BCUT2D eigenvalue weighted by Crippen LogP contribution is -2.42. The molecule has 0 aromatic carbocycles. The Balaban J connectivity index is 1.57. The molecule has 7 nitrogen and oxygen atoms in total. The van der Waals surface area contributed by atoms with E-state index in [1.165, 1.54) is 0 Å². The van der Waals surface area contributed by atoms with Crippen LogP contribution in [0.5, 0.6) is 0 Å². The summed E-state index contributed by atoms with van der Waals surface area (Å²) < 4.78 is 1.99. The number of amides is 2. The second kappa shape index (κ2) is 5.82. The predicted octanol–water partition coefficient (Wildman–Crippen LogP) is 1.56. The van der Waals surface area contributed by atoms with Gasteiger partial charge in [-0.1, -0.05) is 0 Å². The van der Waals surface area contributed by atoms with E-state index in [-0.39, 0.29) is 29.7 Å². The summed E-state index contributed by atoms with van der Waals surface area (Å²) in [7, 11) is 1.84. The number of fused-ring (bicyclic) bond motifs is 2. The van der Waals surface area contributed by atoms with Gasteiger partial charge in [-0.05, 0) is 32.3 Å². The number of rotatable bonds is 2. The van der Waals surface area contributed by atoms with Crippen molar-refractivity contribution in [3.63, 3.8) is 0 Å². The third-order valence-electron chi connectivity index (χ3n) is 5.47. The number of aromatic nitrogens is 3. The second-order valence-electron chi connectivity index (χ2n) is 7.44. The lowest BCUT2D eigenvalue weighted by atomic mass is 9.88. The molecule has 0 radical (unpaired) electrons. The molecule has 2 fully saturated rings. The van der Waals surface area contributed by atoms with Crippen LogP contribution in [0.4, 0.5) is 0 Å². The Kier molecular flexibility index (Phi) is 3.74. The highest BCUT2D eigenvalue weighted by atomic mass is 16.2. The molecule has 2 aromatic rings. The molecule has 0 unspecified atom stereocenters. The van der Waals surface area contributed by atoms with Crippen LogP contribution in [0.2, 0.25) is 0 Å². The van der Waals surface area contributed by atoms with Crippen molar-refractivity contribution in [1.29, 1.82) is 0 Å². The summed E-state index contributed by atoms with van der Waals surface area (Å²) in [6.45, 7) is 6.08. The third-order valence-corrected chi connectivity index (χ3v) is 5.47. The summed E-state index contributed by atoms with van der Waals surface area (Å²) in [5, 5.41) is 0. The van der Waals surface area contributed by atoms with E-state index in [0.29, 0.717) is 18.7 Å². The maximum absolute atomic E-state index is 12.9. The van der Waals surface area contributed by atoms with Crippen molar-refractivity contribution in [2.75, 3.05) is 26.7 Å². The van der Waals surface area contributed by atoms with Crippen LogP contribution < -0.4 is 0 Å². The molecule has 0 bridgehead atoms. The van der Waals surface area contributed by atoms with Gasteiger partial charge in [0, 0.05) is 38.9 Å². The quantitative estimate of drug-likeness (QED) is 0.831. The normalized spacial score (nSPS) is 23.6. The molecule has 25 heavy (non-hydrogen) atoms. The summed E-state index contributed by atoms with van der Waals surface area (Å²) in [5.41, 5.74) is 2.06. The van der Waals surface area contributed by atoms with E-state index in [4.69, 9.17) is 0 Å². The van der Waals surface area contributed by atoms with E-state index in [9.17, 15) is 9.59 Å². The number of piperidine rings is 1. The molecule has 2 atom stereocenters. The molecule has 7 heteroatoms. The zero-order chi connectivity index (χ0) is 17.7. The molecular formula is C18H23N5O2. The van der Waals surface area contributed by atoms with Crippen molar-refractivity contribution < 1.29 is 9.59 Å². The van der Waals surface area contributed by atoms with Crippen molar-refractivity contribution in [3.8, 4) is 0 Å². The van der Waals surface area contributed by atoms with E-state index in [1.807, 2.05) is 11.6 Å². The zero-order valence-electron chi connectivity index (χ0n) is 14.8. The van der Waals surface area contributed by atoms with Gasteiger partial charge in [-0.15, -0.1) is 0 Å². The molecule has 2 aliphatic rings. The van der Waals surface area contributed by atoms with Crippen LogP contribution in [0, 0.1) is 11.8 Å². The first kappa shape index (κ1) is 16.1. The lowest BCUT2D eigenvalue weighted by molar-refractivity contribution is -0.137. The monoisotopic (exact) mass is 341 g/mol. The fourth-order valence-electron chi connectivity index (χ4n) is 3.96. The summed E-state index contributed by atoms with van der Waals surface area (Å²) >= 11 is 0. The molecule has 2 saturated heterocycles. The first-order valence-corrected chi connectivity index (χ1v) is 8.82. The van der Waals surface area contributed by atoms with Gasteiger partial charge in [0.1, 0.15) is 5.52 Å². The van der Waals surface area contributed by atoms with Gasteiger partial charge in [0.2, 0.25) is 5.91 Å². The number of carbonyl (C=O) groups is 2. The van der Waals surface area contributed by atoms with Gasteiger partial charge < -0.3 is 14.4 Å². The van der Waals surface area contributed by atoms with Crippen molar-refractivity contribution in [1.82, 2.24) is 24.3 Å². The minimum atomic E-state index is -0.0571. The summed E-state index contributed by atoms with van der Waals surface area (Å²) in [6, 6.07) is 2.07. The van der Waals surface area contributed by atoms with Crippen molar-refractivity contribution in [2.24, 2.45) is 11.8 Å². The molecule has 2 amide bonds. The molecule has 0 N–H and O–H groups in total. The highest BCUT2D eigenvalue weighted by Gasteiger charge is 2.43. The standard InChI is InChI=1S/C18H23N5O2/c1-11(2)23-10-20-15-6-13(7-19-16(15)23)17(24)22-8-12-4-5-21(3)18(25)14(12)9-22/h6-7,10-12,14H,4-5,8-9H2,1-3H3/t12-,14+/m1/s1. The van der Waals surface area contributed by atoms with Crippen molar-refractivity contribution in [3.05, 3.63) is 24.2 Å². The summed E-state index contributed by atoms with van der Waals surface area (Å²) in [5.74, 6) is 0.332. The Morgan fingerprint density at radius 3 is 2.84 bits per heavy atom. The Bertz CT molecular complexity index is 843. The minimum absolute atomic E-state index is 0.0560. The van der Waals surface area contributed by atoms with E-state index >= 15 is 0 Å². The Labute approximate surface area is 146 Å². The Hall–Kier alpha value is -2.44. The molecule has 0 spiro atoms. The topological polar surface area (TPSA) is 71.3 Å². The van der Waals surface area contributed by atoms with Crippen LogP contribution in [0.1, 0.15) is 36.7 Å². The first-order chi connectivity index (χ1) is 12.0. The Morgan fingerprint density at radius 1 is 1.28 bits per heavy atom. The molecule has 0 aliphatic carbocycles. The van der Waals surface area contributed by atoms with E-state index < -0.39 is 0 Å². The predicted molar refractivity (Wildman–Crippen MR) is 93.1 cm³/mol. The van der Waals surface area contributed by atoms with Crippen LogP contribution >= 0.6 is 0 Å². The molecule has 4 heterocycles. The van der Waals surface area contributed by atoms with Crippen molar-refractivity contribution >= 4 is 23.0 Å². The summed E-state index contributed by atoms with van der Waals surface area (Å²) in [6.07, 6.45) is 4.35. The molecular weight excluding hydrogens is 318 g/mol. The smallest absolute Gasteiger partial charge is 0.255 e. The van der Waals surface area contributed by atoms with Gasteiger partial charge in [0.15, 0.2) is 5.65 Å². The van der Waals surface area contributed by atoms with Gasteiger partial charge in [-0.3, -0.25) is 9.59 Å². The number of pyridine rings is 1. The number of likely N-dealkylation sites (tertiary alicyclic amines) is 2. The van der Waals surface area contributed by atoms with Gasteiger partial charge in [0.05, 0.1) is 17.8 Å². The van der Waals surface area contributed by atoms with Crippen LogP contribution in [0.15, 0.2) is 18.6 Å². The number of hydrogen-bond donors (Lipinski definition) is 0. The number of hydrogen-bond acceptors (Lipinski definition) is 4. The van der Waals surface area contributed by atoms with Gasteiger partial charge in [-0.25, -0.2) is 9.97 Å². The number of imidazole rings is 1. The van der Waals surface area contributed by atoms with Crippen LogP contribution in [0.3, 0.4) is 0 Å². The van der Waals surface area contributed by atoms with Crippen LogP contribution in [-0.4, -0.2) is 62.8 Å². The minimum Gasteiger partial charge on any atom is -0.345 e. The Morgan fingerprint density at radius 2 is 2.08 bits per heavy atom. The third kappa shape index (κ3) is 2.58. The molecule has 0 saturated carbocycles. The van der Waals surface area contributed by atoms with Crippen molar-refractivity contribution in [2.45, 2.75) is 26.3 Å². The zero-order valence-corrected chi connectivity index (χ0v) is 14.8. The lowest BCUT2D eigenvalue weighted by Gasteiger charge is -2.30. The van der Waals surface area contributed by atoms with Gasteiger partial charge >= 0.3 is 0 Å². The van der Waals surface area contributed by atoms with E-state index in [0.717, 1.165) is 24.1 Å². The highest BCUT2D eigenvalue weighted by molar-refractivity contribution is 5.97. The SMILES string of the molecule is CC(C)n1cnc2cc(C(=O)N3C[C@H]4CCN(C)C(=O)[C@H]4C3)cnc21. The van der Waals surface area contributed by atoms with E-state index in [2.05, 4.69) is 23.8 Å². The molecule has 4 rings (SSSR count). The fourth-order valence-corrected chi connectivity index (χ4v) is 3.96. The molecule has 2 aliphatic heterocycles. The van der Waals surface area contributed by atoms with E-state index in [1.54, 1.807) is 28.4 Å². The van der Waals surface area contributed by atoms with Crippen LogP contribution in [0.25, 0.3) is 11.2 Å². The summed E-state index contributed by atoms with van der Waals surface area (Å²) in [4.78, 5) is 37.6. The average molecular weight is 341 g/mol. The maximum Gasteiger partial charge on any atom is 0.255 e. The number of nitrogens with zero attached hydrogens (tertiary/aromatic N) is 5. The van der Waals surface area contributed by atoms with Gasteiger partial charge in [-0.2, -0.15) is 0 Å². The molecule has 132 valence electrons.